The van der Waals surface area contributed by atoms with Crippen LogP contribution in [0.2, 0.25) is 0 Å². The average Bonchev–Trinajstić information content (AvgIpc) is 2.68. The number of amides is 4. The lowest BCUT2D eigenvalue weighted by Crippen LogP contribution is -2.70. The Labute approximate surface area is 161 Å². The van der Waals surface area contributed by atoms with Crippen molar-refractivity contribution in [3.05, 3.63) is 71.5 Å². The maximum absolute atomic E-state index is 13.1. The fourth-order valence-corrected chi connectivity index (χ4v) is 3.10. The van der Waals surface area contributed by atoms with Crippen LogP contribution < -0.4 is 11.1 Å². The number of benzene rings is 2. The third-order valence-corrected chi connectivity index (χ3v) is 4.64. The Hall–Kier alpha value is -3.26. The van der Waals surface area contributed by atoms with Gasteiger partial charge in [0.15, 0.2) is 0 Å². The van der Waals surface area contributed by atoms with Crippen LogP contribution in [0.25, 0.3) is 0 Å². The summed E-state index contributed by atoms with van der Waals surface area (Å²) >= 11 is 0. The van der Waals surface area contributed by atoms with E-state index in [4.69, 9.17) is 5.73 Å². The molecule has 2 aromatic carbocycles. The maximum Gasteiger partial charge on any atom is 0.325 e. The summed E-state index contributed by atoms with van der Waals surface area (Å²) in [6.45, 7) is 0.148. The fourth-order valence-electron chi connectivity index (χ4n) is 3.10. The molecule has 7 nitrogen and oxygen atoms in total. The molecule has 8 heteroatoms. The normalized spacial score (nSPS) is 19.3. The Morgan fingerprint density at radius 1 is 1.11 bits per heavy atom. The molecule has 1 aliphatic heterocycles. The number of halogens is 1. The minimum Gasteiger partial charge on any atom is -0.323 e. The van der Waals surface area contributed by atoms with Crippen molar-refractivity contribution < 1.29 is 18.8 Å². The summed E-state index contributed by atoms with van der Waals surface area (Å²) in [5.74, 6) is -1.31. The molecule has 2 aromatic rings. The number of nitrogens with one attached hydrogen (secondary N) is 1. The van der Waals surface area contributed by atoms with Crippen LogP contribution in [0.4, 0.5) is 9.18 Å². The Bertz CT molecular complexity index is 873. The van der Waals surface area contributed by atoms with Crippen molar-refractivity contribution in [2.75, 3.05) is 7.05 Å². The minimum absolute atomic E-state index is 0.0265. The number of nitrogens with zero attached hydrogens (tertiary/aromatic N) is 2. The number of carbonyl (C=O) groups excluding carboxylic acids is 3. The first-order valence-corrected chi connectivity index (χ1v) is 8.78. The summed E-state index contributed by atoms with van der Waals surface area (Å²) in [6.07, 6.45) is -1.06. The maximum atomic E-state index is 13.1. The van der Waals surface area contributed by atoms with E-state index in [2.05, 4.69) is 5.32 Å². The molecule has 28 heavy (non-hydrogen) atoms. The molecule has 1 saturated heterocycles. The molecule has 0 radical (unpaired) electrons. The Morgan fingerprint density at radius 3 is 2.39 bits per heavy atom. The number of likely N-dealkylation sites (N-methyl/N-ethyl adjacent to an activating group) is 1. The molecular weight excluding hydrogens is 363 g/mol. The van der Waals surface area contributed by atoms with Crippen LogP contribution in [0, 0.1) is 5.82 Å². The van der Waals surface area contributed by atoms with E-state index in [-0.39, 0.29) is 18.9 Å². The fraction of sp³-hybridized carbons (Fsp3) is 0.250. The second-order valence-electron chi connectivity index (χ2n) is 6.63. The summed E-state index contributed by atoms with van der Waals surface area (Å²) in [6, 6.07) is 13.1. The van der Waals surface area contributed by atoms with Crippen molar-refractivity contribution in [2.24, 2.45) is 5.73 Å². The molecule has 3 rings (SSSR count). The second kappa shape index (κ2) is 8.18. The minimum atomic E-state index is -1.05. The van der Waals surface area contributed by atoms with Gasteiger partial charge in [-0.15, -0.1) is 0 Å². The Kier molecular flexibility index (Phi) is 5.70. The van der Waals surface area contributed by atoms with Gasteiger partial charge in [-0.3, -0.25) is 14.5 Å². The van der Waals surface area contributed by atoms with Crippen molar-refractivity contribution in [3.8, 4) is 0 Å². The third-order valence-electron chi connectivity index (χ3n) is 4.64. The van der Waals surface area contributed by atoms with Crippen molar-refractivity contribution >= 4 is 17.8 Å². The lowest BCUT2D eigenvalue weighted by atomic mass is 10.0. The summed E-state index contributed by atoms with van der Waals surface area (Å²) in [5, 5.41) is 2.50. The molecule has 0 bridgehead atoms. The van der Waals surface area contributed by atoms with Gasteiger partial charge in [0.05, 0.1) is 6.42 Å². The molecule has 3 N–H and O–H groups in total. The molecule has 2 unspecified atom stereocenters. The van der Waals surface area contributed by atoms with Crippen molar-refractivity contribution in [2.45, 2.75) is 25.2 Å². The highest BCUT2D eigenvalue weighted by Crippen LogP contribution is 2.17. The number of carbonyl (C=O) groups is 3. The van der Waals surface area contributed by atoms with Gasteiger partial charge in [0, 0.05) is 13.6 Å². The zero-order valence-electron chi connectivity index (χ0n) is 15.3. The van der Waals surface area contributed by atoms with E-state index in [0.717, 1.165) is 10.5 Å². The summed E-state index contributed by atoms with van der Waals surface area (Å²) in [7, 11) is 1.34. The van der Waals surface area contributed by atoms with Crippen LogP contribution in [-0.4, -0.2) is 46.9 Å². The van der Waals surface area contributed by atoms with Gasteiger partial charge in [0.2, 0.25) is 5.91 Å². The van der Waals surface area contributed by atoms with E-state index in [1.807, 2.05) is 30.3 Å². The molecule has 1 fully saturated rings. The Balaban J connectivity index is 1.90. The van der Waals surface area contributed by atoms with Gasteiger partial charge < -0.3 is 16.0 Å². The molecule has 0 spiro atoms. The zero-order valence-corrected chi connectivity index (χ0v) is 15.3. The summed E-state index contributed by atoms with van der Waals surface area (Å²) in [5.41, 5.74) is 7.43. The quantitative estimate of drug-likeness (QED) is 0.811. The lowest BCUT2D eigenvalue weighted by Gasteiger charge is -2.40. The molecule has 4 amide bonds. The molecule has 0 aromatic heterocycles. The molecule has 146 valence electrons. The highest BCUT2D eigenvalue weighted by Gasteiger charge is 2.42. The standard InChI is InChI=1S/C20H21FN4O3/c1-24-19(27)17(18(22)23-20(24)28)25(12-14-5-3-2-4-6-14)16(26)11-13-7-9-15(21)10-8-13/h2-10,17-18H,11-12,22H2,1H3,(H,23,28). The smallest absolute Gasteiger partial charge is 0.323 e. The number of imide groups is 1. The highest BCUT2D eigenvalue weighted by molar-refractivity contribution is 6.01. The monoisotopic (exact) mass is 384 g/mol. The van der Waals surface area contributed by atoms with Crippen LogP contribution in [0.5, 0.6) is 0 Å². The van der Waals surface area contributed by atoms with Crippen LogP contribution in [0.15, 0.2) is 54.6 Å². The largest absolute Gasteiger partial charge is 0.325 e. The average molecular weight is 384 g/mol. The van der Waals surface area contributed by atoms with Gasteiger partial charge >= 0.3 is 6.03 Å². The van der Waals surface area contributed by atoms with Crippen LogP contribution in [0.1, 0.15) is 11.1 Å². The van der Waals surface area contributed by atoms with Gasteiger partial charge in [0.1, 0.15) is 18.0 Å². The second-order valence-corrected chi connectivity index (χ2v) is 6.63. The summed E-state index contributed by atoms with van der Waals surface area (Å²) in [4.78, 5) is 39.9. The van der Waals surface area contributed by atoms with Gasteiger partial charge in [-0.05, 0) is 23.3 Å². The topological polar surface area (TPSA) is 95.7 Å². The molecular formula is C20H21FN4O3. The highest BCUT2D eigenvalue weighted by atomic mass is 19.1. The molecule has 2 atom stereocenters. The van der Waals surface area contributed by atoms with Crippen molar-refractivity contribution in [1.29, 1.82) is 0 Å². The first-order chi connectivity index (χ1) is 13.4. The van der Waals surface area contributed by atoms with Crippen molar-refractivity contribution in [1.82, 2.24) is 15.1 Å². The van der Waals surface area contributed by atoms with Gasteiger partial charge in [-0.2, -0.15) is 0 Å². The molecule has 1 heterocycles. The van der Waals surface area contributed by atoms with Crippen LogP contribution in [-0.2, 0) is 22.6 Å². The van der Waals surface area contributed by atoms with E-state index >= 15 is 0 Å². The van der Waals surface area contributed by atoms with Crippen LogP contribution in [0.3, 0.4) is 0 Å². The number of urea groups is 1. The molecule has 1 aliphatic rings. The van der Waals surface area contributed by atoms with Crippen LogP contribution >= 0.6 is 0 Å². The molecule has 0 saturated carbocycles. The van der Waals surface area contributed by atoms with E-state index in [1.54, 1.807) is 0 Å². The first-order valence-electron chi connectivity index (χ1n) is 8.78. The van der Waals surface area contributed by atoms with E-state index in [1.165, 1.54) is 36.2 Å². The summed E-state index contributed by atoms with van der Waals surface area (Å²) < 4.78 is 13.1. The number of hydrogen-bond donors (Lipinski definition) is 2. The van der Waals surface area contributed by atoms with E-state index in [9.17, 15) is 18.8 Å². The van der Waals surface area contributed by atoms with Crippen molar-refractivity contribution in [3.63, 3.8) is 0 Å². The van der Waals surface area contributed by atoms with Gasteiger partial charge in [-0.1, -0.05) is 42.5 Å². The van der Waals surface area contributed by atoms with E-state index in [0.29, 0.717) is 5.56 Å². The number of hydrogen-bond acceptors (Lipinski definition) is 4. The number of rotatable bonds is 5. The number of nitrogens with two attached hydrogens (primary N) is 1. The molecule has 0 aliphatic carbocycles. The predicted octanol–water partition coefficient (Wildman–Crippen LogP) is 1.23. The Morgan fingerprint density at radius 2 is 1.75 bits per heavy atom. The third kappa shape index (κ3) is 4.17. The zero-order chi connectivity index (χ0) is 20.3. The lowest BCUT2D eigenvalue weighted by molar-refractivity contribution is -0.146. The van der Waals surface area contributed by atoms with E-state index < -0.39 is 30.0 Å². The predicted molar refractivity (Wildman–Crippen MR) is 100 cm³/mol. The van der Waals surface area contributed by atoms with Gasteiger partial charge in [-0.25, -0.2) is 9.18 Å². The van der Waals surface area contributed by atoms with Gasteiger partial charge in [0.25, 0.3) is 5.91 Å². The SMILES string of the molecule is CN1C(=O)NC(N)C(N(Cc2ccccc2)C(=O)Cc2ccc(F)cc2)C1=O. The first kappa shape index (κ1) is 19.5.